The van der Waals surface area contributed by atoms with Crippen LogP contribution in [0.5, 0.6) is 5.75 Å². The molecule has 1 amide bonds. The number of Topliss-reactive ketones (excluding diaryl/α,β-unsaturated/α-hetero) is 2. The number of phenols is 1. The van der Waals surface area contributed by atoms with E-state index in [0.29, 0.717) is 35.9 Å². The second-order valence-corrected chi connectivity index (χ2v) is 11.6. The van der Waals surface area contributed by atoms with Crippen molar-refractivity contribution in [3.63, 3.8) is 0 Å². The van der Waals surface area contributed by atoms with Crippen molar-refractivity contribution in [2.75, 3.05) is 33.9 Å². The van der Waals surface area contributed by atoms with E-state index in [2.05, 4.69) is 4.90 Å². The molecular weight excluding hydrogens is 542 g/mol. The predicted octanol–water partition coefficient (Wildman–Crippen LogP) is 1.38. The summed E-state index contributed by atoms with van der Waals surface area (Å²) >= 11 is 6.87. The van der Waals surface area contributed by atoms with Gasteiger partial charge in [0.15, 0.2) is 11.4 Å². The number of carbonyl (C=O) groups is 3. The van der Waals surface area contributed by atoms with E-state index in [1.165, 1.54) is 11.0 Å². The lowest BCUT2D eigenvalue weighted by Gasteiger charge is -2.50. The number of ether oxygens (including phenoxy) is 1. The van der Waals surface area contributed by atoms with Gasteiger partial charge in [0.05, 0.1) is 18.2 Å². The summed E-state index contributed by atoms with van der Waals surface area (Å²) in [6.07, 6.45) is 1.03. The molecule has 0 aromatic heterocycles. The second kappa shape index (κ2) is 10.1. The first-order valence-electron chi connectivity index (χ1n) is 13.3. The van der Waals surface area contributed by atoms with Crippen molar-refractivity contribution in [1.82, 2.24) is 9.80 Å². The van der Waals surface area contributed by atoms with Crippen LogP contribution in [0, 0.1) is 11.8 Å². The highest BCUT2D eigenvalue weighted by Gasteiger charge is 2.63. The summed E-state index contributed by atoms with van der Waals surface area (Å²) in [6.45, 7) is 4.47. The van der Waals surface area contributed by atoms with Gasteiger partial charge in [-0.25, -0.2) is 0 Å². The molecule has 1 aromatic carbocycles. The number of rotatable bonds is 6. The molecule has 1 fully saturated rings. The molecule has 1 unspecified atom stereocenters. The van der Waals surface area contributed by atoms with Crippen LogP contribution in [0.15, 0.2) is 28.7 Å². The number of aromatic hydroxyl groups is 1. The van der Waals surface area contributed by atoms with Crippen molar-refractivity contribution in [3.05, 3.63) is 50.4 Å². The number of fused-ring (bicyclic) bond motifs is 3. The Labute approximate surface area is 236 Å². The zero-order chi connectivity index (χ0) is 29.3. The van der Waals surface area contributed by atoms with Gasteiger partial charge in [-0.3, -0.25) is 24.2 Å². The van der Waals surface area contributed by atoms with Crippen LogP contribution in [0.3, 0.4) is 0 Å². The second-order valence-electron chi connectivity index (χ2n) is 11.3. The van der Waals surface area contributed by atoms with E-state index >= 15 is 0 Å². The van der Waals surface area contributed by atoms with E-state index in [1.54, 1.807) is 14.1 Å². The first-order chi connectivity index (χ1) is 18.8. The molecule has 0 spiro atoms. The molecule has 5 rings (SSSR count). The monoisotopic (exact) mass is 575 g/mol. The molecule has 3 aliphatic carbocycles. The largest absolute Gasteiger partial charge is 0.510 e. The molecule has 5 atom stereocenters. The Balaban J connectivity index is 1.61. The minimum absolute atomic E-state index is 0.00752. The summed E-state index contributed by atoms with van der Waals surface area (Å²) < 4.78 is 5.53. The van der Waals surface area contributed by atoms with Crippen LogP contribution in [0.1, 0.15) is 41.3 Å². The summed E-state index contributed by atoms with van der Waals surface area (Å²) in [4.78, 5) is 43.0. The number of hydrogen-bond acceptors (Lipinski definition) is 10. The Morgan fingerprint density at radius 1 is 1.25 bits per heavy atom. The number of primary amides is 1. The van der Waals surface area contributed by atoms with Crippen LogP contribution in [-0.4, -0.2) is 99.2 Å². The number of likely N-dealkylation sites (N-methyl/N-ethyl adjacent to an activating group) is 2. The van der Waals surface area contributed by atoms with Crippen LogP contribution in [0.4, 0.5) is 0 Å². The number of hydrogen-bond donors (Lipinski definition) is 5. The van der Waals surface area contributed by atoms with Crippen molar-refractivity contribution < 1.29 is 39.5 Å². The number of phenolic OH excluding ortho intramolecular Hbond substituents is 1. The molecule has 6 N–H and O–H groups in total. The number of nitrogens with zero attached hydrogens (tertiary/aromatic N) is 2. The fourth-order valence-electron chi connectivity index (χ4n) is 7.00. The number of ketones is 2. The molecule has 1 heterocycles. The van der Waals surface area contributed by atoms with Crippen molar-refractivity contribution in [3.8, 4) is 5.75 Å². The van der Waals surface area contributed by atoms with Gasteiger partial charge in [0.1, 0.15) is 22.8 Å². The summed E-state index contributed by atoms with van der Waals surface area (Å²) in [5.74, 6) is -6.88. The molecule has 11 nitrogen and oxygen atoms in total. The van der Waals surface area contributed by atoms with E-state index in [-0.39, 0.29) is 35.8 Å². The molecule has 1 aliphatic heterocycles. The van der Waals surface area contributed by atoms with Gasteiger partial charge in [0.25, 0.3) is 5.91 Å². The molecular formula is C28H34ClN3O8. The van der Waals surface area contributed by atoms with Gasteiger partial charge in [0.2, 0.25) is 5.78 Å². The van der Waals surface area contributed by atoms with Gasteiger partial charge in [-0.2, -0.15) is 0 Å². The first kappa shape index (κ1) is 28.6. The van der Waals surface area contributed by atoms with Gasteiger partial charge in [-0.15, -0.1) is 0 Å². The highest BCUT2D eigenvalue weighted by molar-refractivity contribution is 6.33. The third kappa shape index (κ3) is 4.06. The normalized spacial score (nSPS) is 30.2. The Bertz CT molecular complexity index is 1370. The molecule has 0 saturated carbocycles. The lowest BCUT2D eigenvalue weighted by atomic mass is 9.58. The fourth-order valence-corrected chi connectivity index (χ4v) is 7.28. The quantitative estimate of drug-likeness (QED) is 0.312. The number of nitrogens with two attached hydrogens (primary N) is 1. The smallest absolute Gasteiger partial charge is 0.255 e. The molecule has 1 aromatic rings. The topological polar surface area (TPSA) is 174 Å². The molecule has 216 valence electrons. The van der Waals surface area contributed by atoms with E-state index in [1.807, 2.05) is 6.92 Å². The molecule has 4 aliphatic rings. The summed E-state index contributed by atoms with van der Waals surface area (Å²) in [5, 5.41) is 45.3. The van der Waals surface area contributed by atoms with Gasteiger partial charge in [0, 0.05) is 35.7 Å². The van der Waals surface area contributed by atoms with E-state index in [0.717, 1.165) is 13.0 Å². The first-order valence-corrected chi connectivity index (χ1v) is 13.7. The summed E-state index contributed by atoms with van der Waals surface area (Å²) in [7, 11) is 3.17. The van der Waals surface area contributed by atoms with Crippen molar-refractivity contribution in [2.24, 2.45) is 17.6 Å². The Kier molecular flexibility index (Phi) is 7.25. The van der Waals surface area contributed by atoms with Crippen molar-refractivity contribution >= 4 is 29.1 Å². The minimum Gasteiger partial charge on any atom is -0.510 e. The minimum atomic E-state index is -2.67. The Morgan fingerprint density at radius 2 is 1.95 bits per heavy atom. The number of carbonyl (C=O) groups excluding carboxylic acids is 3. The third-order valence-electron chi connectivity index (χ3n) is 8.93. The lowest BCUT2D eigenvalue weighted by molar-refractivity contribution is -0.148. The fraction of sp³-hybridized carbons (Fsp3) is 0.536. The van der Waals surface area contributed by atoms with Crippen molar-refractivity contribution in [2.45, 2.75) is 50.4 Å². The van der Waals surface area contributed by atoms with Gasteiger partial charge in [-0.05, 0) is 63.0 Å². The van der Waals surface area contributed by atoms with Crippen LogP contribution in [0.25, 0.3) is 0 Å². The van der Waals surface area contributed by atoms with E-state index in [9.17, 15) is 34.8 Å². The zero-order valence-electron chi connectivity index (χ0n) is 22.6. The van der Waals surface area contributed by atoms with Gasteiger partial charge >= 0.3 is 0 Å². The number of aliphatic hydroxyl groups is 3. The molecule has 12 heteroatoms. The average Bonchev–Trinajstić information content (AvgIpc) is 3.41. The maximum atomic E-state index is 13.8. The lowest BCUT2D eigenvalue weighted by Crippen LogP contribution is -2.63. The summed E-state index contributed by atoms with van der Waals surface area (Å²) in [5.41, 5.74) is 2.62. The van der Waals surface area contributed by atoms with E-state index in [4.69, 9.17) is 22.1 Å². The maximum absolute atomic E-state index is 13.8. The van der Waals surface area contributed by atoms with Crippen molar-refractivity contribution in [1.29, 1.82) is 0 Å². The predicted molar refractivity (Wildman–Crippen MR) is 144 cm³/mol. The van der Waals surface area contributed by atoms with Gasteiger partial charge < -0.3 is 30.9 Å². The molecule has 40 heavy (non-hydrogen) atoms. The summed E-state index contributed by atoms with van der Waals surface area (Å²) in [6, 6.07) is 0.601. The van der Waals surface area contributed by atoms with Gasteiger partial charge in [-0.1, -0.05) is 18.5 Å². The highest BCUT2D eigenvalue weighted by atomic mass is 35.5. The Morgan fingerprint density at radius 3 is 2.52 bits per heavy atom. The molecule has 0 radical (unpaired) electrons. The average molecular weight is 576 g/mol. The Hall–Kier alpha value is -2.96. The number of halogens is 1. The van der Waals surface area contributed by atoms with Crippen LogP contribution < -0.4 is 5.73 Å². The number of amides is 1. The third-order valence-corrected chi connectivity index (χ3v) is 9.40. The van der Waals surface area contributed by atoms with E-state index < -0.39 is 58.0 Å². The number of benzene rings is 1. The SMILES string of the molecule is CCN(Cc1cc(O)c2c(c1Cl)C[C@H]1C[C@H]3[C@H](N(C)C)C(O)=C(C(N)=O)C(=O)[C@@]3(O)C(O)=C1C2=O)C1CCOC1. The van der Waals surface area contributed by atoms with Crippen LogP contribution in [0.2, 0.25) is 5.02 Å². The highest BCUT2D eigenvalue weighted by Crippen LogP contribution is 2.53. The standard InChI is InChI=1S/C28H34ClN3O8/c1-4-32(14-5-6-40-11-14)10-13-9-17(33)19-15(21(13)29)7-12-8-16-22(31(2)3)24(35)20(27(30)38)26(37)28(16,39)25(36)18(12)23(19)34/h9,12,14,16,22,33,35-36,39H,4-8,10-11H2,1-3H3,(H2,30,38)/t12-,14?,16-,22-,28-/m0/s1. The zero-order valence-corrected chi connectivity index (χ0v) is 23.4. The molecule has 0 bridgehead atoms. The van der Waals surface area contributed by atoms with Crippen LogP contribution in [-0.2, 0) is 27.3 Å². The maximum Gasteiger partial charge on any atom is 0.255 e. The number of aliphatic hydroxyl groups excluding tert-OH is 2. The molecule has 1 saturated heterocycles. The van der Waals surface area contributed by atoms with Crippen LogP contribution >= 0.6 is 11.6 Å². The number of allylic oxidation sites excluding steroid dienone is 1.